The van der Waals surface area contributed by atoms with Gasteiger partial charge in [-0.15, -0.1) is 0 Å². The summed E-state index contributed by atoms with van der Waals surface area (Å²) in [4.78, 5) is 43.9. The van der Waals surface area contributed by atoms with Crippen molar-refractivity contribution < 1.29 is 27.8 Å². The smallest absolute Gasteiger partial charge is 0.247 e. The van der Waals surface area contributed by atoms with Crippen molar-refractivity contribution in [3.63, 3.8) is 0 Å². The first kappa shape index (κ1) is 49.3. The van der Waals surface area contributed by atoms with Gasteiger partial charge in [-0.05, 0) is 125 Å². The highest BCUT2D eigenvalue weighted by molar-refractivity contribution is 6.66. The molecule has 6 unspecified atom stereocenters. The van der Waals surface area contributed by atoms with Crippen molar-refractivity contribution in [3.8, 4) is 11.5 Å². The van der Waals surface area contributed by atoms with Crippen LogP contribution in [-0.2, 0) is 9.59 Å². The number of fused-ring (bicyclic) bond motifs is 6. The predicted octanol–water partition coefficient (Wildman–Crippen LogP) is 10.7. The van der Waals surface area contributed by atoms with Gasteiger partial charge >= 0.3 is 0 Å². The van der Waals surface area contributed by atoms with E-state index >= 15 is 0 Å². The molecule has 4 saturated heterocycles. The summed E-state index contributed by atoms with van der Waals surface area (Å²) in [5.41, 5.74) is 9.89. The van der Waals surface area contributed by atoms with Crippen molar-refractivity contribution in [1.29, 1.82) is 0 Å². The van der Waals surface area contributed by atoms with Gasteiger partial charge in [-0.3, -0.25) is 9.59 Å². The van der Waals surface area contributed by atoms with Crippen LogP contribution in [0.15, 0.2) is 98.6 Å². The molecule has 4 bridgehead atoms. The summed E-state index contributed by atoms with van der Waals surface area (Å²) in [7, 11) is 4.40. The molecule has 4 aliphatic heterocycles. The molecular formula is C50H51Cl3F2N10O4. The van der Waals surface area contributed by atoms with Gasteiger partial charge in [-0.25, -0.2) is 28.7 Å². The Morgan fingerprint density at radius 1 is 0.725 bits per heavy atom. The molecule has 0 radical (unpaired) electrons. The van der Waals surface area contributed by atoms with Gasteiger partial charge in [-0.1, -0.05) is 36.4 Å². The van der Waals surface area contributed by atoms with E-state index in [1.807, 2.05) is 12.1 Å². The zero-order valence-electron chi connectivity index (χ0n) is 37.9. The molecule has 0 aliphatic carbocycles. The monoisotopic (exact) mass is 998 g/mol. The molecular weight excluding hydrogens is 949 g/mol. The number of ether oxygens (including phenoxy) is 2. The van der Waals surface area contributed by atoms with E-state index in [1.165, 1.54) is 75.1 Å². The van der Waals surface area contributed by atoms with E-state index in [0.29, 0.717) is 106 Å². The number of nitrogens with one attached hydrogen (secondary N) is 3. The van der Waals surface area contributed by atoms with Gasteiger partial charge < -0.3 is 41.0 Å². The van der Waals surface area contributed by atoms with Crippen LogP contribution in [0.2, 0.25) is 10.0 Å². The maximum atomic E-state index is 13.5. The van der Waals surface area contributed by atoms with Crippen LogP contribution in [0.1, 0.15) is 38.5 Å². The molecule has 6 heterocycles. The van der Waals surface area contributed by atoms with E-state index in [2.05, 4.69) is 72.9 Å². The highest BCUT2D eigenvalue weighted by Crippen LogP contribution is 2.43. The lowest BCUT2D eigenvalue weighted by atomic mass is 9.90. The normalized spacial score (nSPS) is 21.2. The number of amides is 1. The molecule has 4 aliphatic rings. The summed E-state index contributed by atoms with van der Waals surface area (Å²) >= 11 is 16.5. The van der Waals surface area contributed by atoms with Crippen LogP contribution in [0.25, 0.3) is 21.8 Å². The average Bonchev–Trinajstić information content (AvgIpc) is 4.07. The predicted molar refractivity (Wildman–Crippen MR) is 269 cm³/mol. The number of halogens is 5. The number of nitrogens with two attached hydrogens (primary N) is 1. The standard InChI is InChI=1S/C25H25ClFN5O2.C22H23ClFN5O.C3H3ClO/c1-3-24(33)31-21-10-17-20(11-23(21)34-12-14-8-16-5-7-22(14)32(16)2)28-13-29-25(17)30-15-4-6-19(27)18(26)9-15;1-29-14-3-5-20(29)12(6-14)10-30-21-9-19-15(8-18(21)25)22(27-11-26-19)28-13-2-4-17(24)16(23)7-13;1-2-3(4)5/h3-4,6,9-11,13-14,16,22H,1,5,7-8,12H2,2H3,(H,31,33)(H,28,29,30);2,4,7-9,11-12,14,20H,3,5-6,10,25H2,1H3,(H,26,27,28);2H,1H2. The minimum atomic E-state index is -0.509. The van der Waals surface area contributed by atoms with Crippen molar-refractivity contribution in [2.45, 2.75) is 62.7 Å². The second-order valence-electron chi connectivity index (χ2n) is 17.5. The van der Waals surface area contributed by atoms with Crippen LogP contribution in [0.3, 0.4) is 0 Å². The molecule has 5 N–H and O–H groups in total. The van der Waals surface area contributed by atoms with E-state index in [4.69, 9.17) is 50.0 Å². The average molecular weight is 1000 g/mol. The molecule has 10 rings (SSSR count). The number of rotatable bonds is 13. The van der Waals surface area contributed by atoms with Crippen molar-refractivity contribution in [2.24, 2.45) is 11.8 Å². The number of benzene rings is 4. The third-order valence-electron chi connectivity index (χ3n) is 13.4. The number of carbonyl (C=O) groups excluding carboxylic acids is 2. The number of carbonyl (C=O) groups is 2. The van der Waals surface area contributed by atoms with Gasteiger partial charge in [0.2, 0.25) is 11.1 Å². The van der Waals surface area contributed by atoms with Gasteiger partial charge in [0.25, 0.3) is 0 Å². The maximum absolute atomic E-state index is 13.5. The quantitative estimate of drug-likeness (QED) is 0.0490. The van der Waals surface area contributed by atoms with Gasteiger partial charge in [-0.2, -0.15) is 0 Å². The molecule has 0 saturated carbocycles. The first-order valence-electron chi connectivity index (χ1n) is 22.4. The Balaban J connectivity index is 0.000000171. The van der Waals surface area contributed by atoms with E-state index in [1.54, 1.807) is 24.3 Å². The number of hydrogen-bond acceptors (Lipinski definition) is 13. The fraction of sp³-hybridized carbons (Fsp3) is 0.320. The van der Waals surface area contributed by atoms with E-state index in [0.717, 1.165) is 23.4 Å². The van der Waals surface area contributed by atoms with Crippen molar-refractivity contribution in [3.05, 3.63) is 120 Å². The molecule has 4 aromatic carbocycles. The number of nitrogen functional groups attached to an aromatic ring is 1. The highest BCUT2D eigenvalue weighted by Gasteiger charge is 2.45. The molecule has 1 amide bonds. The van der Waals surface area contributed by atoms with Crippen molar-refractivity contribution >= 4 is 102 Å². The molecule has 69 heavy (non-hydrogen) atoms. The molecule has 6 atom stereocenters. The van der Waals surface area contributed by atoms with Crippen LogP contribution in [0, 0.1) is 23.5 Å². The molecule has 19 heteroatoms. The van der Waals surface area contributed by atoms with Gasteiger partial charge in [0.05, 0.1) is 45.7 Å². The van der Waals surface area contributed by atoms with Crippen molar-refractivity contribution in [2.75, 3.05) is 49.0 Å². The number of nitrogens with zero attached hydrogens (tertiary/aromatic N) is 6. The first-order valence-corrected chi connectivity index (χ1v) is 23.5. The molecule has 2 aromatic heterocycles. The number of hydrogen-bond donors (Lipinski definition) is 4. The summed E-state index contributed by atoms with van der Waals surface area (Å²) < 4.78 is 39.3. The Kier molecular flexibility index (Phi) is 15.4. The fourth-order valence-corrected chi connectivity index (χ4v) is 10.2. The summed E-state index contributed by atoms with van der Waals surface area (Å²) in [5, 5.41) is 10.1. The third kappa shape index (κ3) is 11.3. The molecule has 0 spiro atoms. The topological polar surface area (TPSA) is 173 Å². The van der Waals surface area contributed by atoms with Gasteiger partial charge in [0.1, 0.15) is 47.4 Å². The summed E-state index contributed by atoms with van der Waals surface area (Å²) in [6.45, 7) is 7.85. The zero-order valence-corrected chi connectivity index (χ0v) is 40.2. The van der Waals surface area contributed by atoms with E-state index < -0.39 is 16.9 Å². The highest BCUT2D eigenvalue weighted by atomic mass is 35.5. The van der Waals surface area contributed by atoms with E-state index in [-0.39, 0.29) is 16.0 Å². The lowest BCUT2D eigenvalue weighted by Gasteiger charge is -2.23. The largest absolute Gasteiger partial charge is 0.491 e. The second-order valence-corrected chi connectivity index (χ2v) is 18.7. The van der Waals surface area contributed by atoms with Crippen LogP contribution in [0.4, 0.5) is 43.2 Å². The Hall–Kier alpha value is -6.17. The van der Waals surface area contributed by atoms with Crippen LogP contribution < -0.4 is 31.2 Å². The Morgan fingerprint density at radius 2 is 1.20 bits per heavy atom. The second kappa shape index (κ2) is 21.6. The Morgan fingerprint density at radius 3 is 1.64 bits per heavy atom. The molecule has 360 valence electrons. The summed E-state index contributed by atoms with van der Waals surface area (Å²) in [6.07, 6.45) is 12.5. The minimum absolute atomic E-state index is 0.00393. The zero-order chi connectivity index (χ0) is 48.9. The van der Waals surface area contributed by atoms with Gasteiger partial charge in [0, 0.05) is 70.3 Å². The van der Waals surface area contributed by atoms with Crippen LogP contribution in [-0.4, -0.2) is 92.4 Å². The SMILES string of the molecule is C=CC(=O)Cl.C=CC(=O)Nc1cc2c(Nc3ccc(F)c(Cl)c3)ncnc2cc1OCC1CC2CCC1N2C.CN1C2CCC1C(COc1cc3ncnc(Nc4ccc(F)c(Cl)c4)c3cc1N)C2. The summed E-state index contributed by atoms with van der Waals surface area (Å²) in [5.74, 6) is 1.91. The molecule has 4 fully saturated rings. The first-order chi connectivity index (χ1) is 33.2. The molecule has 14 nitrogen and oxygen atoms in total. The van der Waals surface area contributed by atoms with Crippen LogP contribution in [0.5, 0.6) is 11.5 Å². The Labute approximate surface area is 413 Å². The Bertz CT molecular complexity index is 2920. The maximum Gasteiger partial charge on any atom is 0.247 e. The minimum Gasteiger partial charge on any atom is -0.491 e. The summed E-state index contributed by atoms with van der Waals surface area (Å²) in [6, 6.07) is 18.5. The number of allylic oxidation sites excluding steroid dienone is 1. The fourth-order valence-electron chi connectivity index (χ4n) is 9.88. The lowest BCUT2D eigenvalue weighted by Crippen LogP contribution is -2.28. The number of aromatic nitrogens is 4. The van der Waals surface area contributed by atoms with Crippen molar-refractivity contribution in [1.82, 2.24) is 29.7 Å². The third-order valence-corrected chi connectivity index (χ3v) is 14.1. The number of anilines is 6. The molecule has 6 aromatic rings. The lowest BCUT2D eigenvalue weighted by molar-refractivity contribution is -0.112. The van der Waals surface area contributed by atoms with Crippen LogP contribution >= 0.6 is 34.8 Å². The van der Waals surface area contributed by atoms with Gasteiger partial charge in [0.15, 0.2) is 0 Å². The van der Waals surface area contributed by atoms with E-state index in [9.17, 15) is 18.4 Å².